The Bertz CT molecular complexity index is 844. The molecule has 1 fully saturated rings. The molecule has 1 N–H and O–H groups in total. The van der Waals surface area contributed by atoms with E-state index in [1.165, 1.54) is 12.2 Å². The number of hydroxylamine groups is 2. The van der Waals surface area contributed by atoms with E-state index >= 15 is 0 Å². The number of nitrogens with zero attached hydrogens (tertiary/aromatic N) is 2. The van der Waals surface area contributed by atoms with Gasteiger partial charge in [-0.1, -0.05) is 0 Å². The van der Waals surface area contributed by atoms with E-state index in [1.54, 1.807) is 0 Å². The number of amides is 5. The van der Waals surface area contributed by atoms with Gasteiger partial charge in [-0.15, -0.1) is 5.06 Å². The van der Waals surface area contributed by atoms with Crippen LogP contribution < -0.4 is 5.32 Å². The van der Waals surface area contributed by atoms with Crippen molar-refractivity contribution in [1.29, 1.82) is 0 Å². The molecule has 39 heavy (non-hydrogen) atoms. The number of ether oxygens (including phenoxy) is 5. The van der Waals surface area contributed by atoms with E-state index in [9.17, 15) is 28.8 Å². The van der Waals surface area contributed by atoms with Gasteiger partial charge in [0.25, 0.3) is 23.6 Å². The molecule has 15 heteroatoms. The highest BCUT2D eigenvalue weighted by Gasteiger charge is 2.32. The van der Waals surface area contributed by atoms with Crippen LogP contribution in [-0.2, 0) is 57.3 Å². The zero-order chi connectivity index (χ0) is 28.3. The number of rotatable bonds is 22. The number of carbonyl (C=O) groups excluding carboxylic acids is 6. The van der Waals surface area contributed by atoms with Gasteiger partial charge >= 0.3 is 5.97 Å². The zero-order valence-corrected chi connectivity index (χ0v) is 21.8. The van der Waals surface area contributed by atoms with Crippen LogP contribution in [0.15, 0.2) is 12.2 Å². The van der Waals surface area contributed by atoms with Crippen LogP contribution in [0.25, 0.3) is 0 Å². The molecule has 2 aliphatic heterocycles. The van der Waals surface area contributed by atoms with Crippen molar-refractivity contribution in [2.24, 2.45) is 0 Å². The summed E-state index contributed by atoms with van der Waals surface area (Å²) in [6.07, 6.45) is 2.40. The van der Waals surface area contributed by atoms with Crippen molar-refractivity contribution in [3.05, 3.63) is 12.2 Å². The molecule has 0 aromatic heterocycles. The van der Waals surface area contributed by atoms with Crippen molar-refractivity contribution < 1.29 is 57.3 Å². The van der Waals surface area contributed by atoms with Crippen LogP contribution in [0.5, 0.6) is 0 Å². The van der Waals surface area contributed by atoms with E-state index in [-0.39, 0.29) is 51.3 Å². The smallest absolute Gasteiger partial charge is 0.335 e. The van der Waals surface area contributed by atoms with Crippen LogP contribution in [0.2, 0.25) is 0 Å². The highest BCUT2D eigenvalue weighted by molar-refractivity contribution is 6.13. The molecule has 0 aromatic rings. The highest BCUT2D eigenvalue weighted by Crippen LogP contribution is 2.12. The van der Waals surface area contributed by atoms with E-state index in [4.69, 9.17) is 28.5 Å². The van der Waals surface area contributed by atoms with E-state index in [2.05, 4.69) is 5.32 Å². The van der Waals surface area contributed by atoms with Crippen molar-refractivity contribution in [1.82, 2.24) is 15.3 Å². The summed E-state index contributed by atoms with van der Waals surface area (Å²) in [7, 11) is 0. The lowest BCUT2D eigenvalue weighted by atomic mass is 10.3. The Hall–Kier alpha value is -3.24. The minimum atomic E-state index is -0.715. The van der Waals surface area contributed by atoms with Crippen molar-refractivity contribution in [3.8, 4) is 0 Å². The van der Waals surface area contributed by atoms with Crippen molar-refractivity contribution in [2.45, 2.75) is 25.7 Å². The molecular formula is C24H35N3O12. The lowest BCUT2D eigenvalue weighted by molar-refractivity contribution is -0.198. The number of hydrogen-bond donors (Lipinski definition) is 1. The van der Waals surface area contributed by atoms with Crippen molar-refractivity contribution in [3.63, 3.8) is 0 Å². The standard InChI is InChI=1S/C24H35N3O12/c28-19(5-8-26-20(29)1-2-21(26)30)25-7-10-35-12-14-37-16-18-38-17-15-36-13-11-34-9-6-24(33)39-27-22(31)3-4-23(27)32/h1-2H,3-18H2,(H,25,28). The summed E-state index contributed by atoms with van der Waals surface area (Å²) in [4.78, 5) is 74.6. The van der Waals surface area contributed by atoms with Gasteiger partial charge in [0.2, 0.25) is 5.91 Å². The van der Waals surface area contributed by atoms with E-state index in [1.807, 2.05) is 0 Å². The summed E-state index contributed by atoms with van der Waals surface area (Å²) in [5.41, 5.74) is 0. The van der Waals surface area contributed by atoms with Crippen LogP contribution in [0, 0.1) is 0 Å². The Morgan fingerprint density at radius 1 is 0.667 bits per heavy atom. The average molecular weight is 558 g/mol. The number of imide groups is 2. The average Bonchev–Trinajstić information content (AvgIpc) is 3.41. The molecule has 0 unspecified atom stereocenters. The molecule has 0 spiro atoms. The molecule has 1 saturated heterocycles. The van der Waals surface area contributed by atoms with Gasteiger partial charge in [-0.3, -0.25) is 28.9 Å². The minimum Gasteiger partial charge on any atom is -0.378 e. The Balaban J connectivity index is 1.25. The van der Waals surface area contributed by atoms with Gasteiger partial charge < -0.3 is 33.8 Å². The third-order valence-corrected chi connectivity index (χ3v) is 5.17. The molecule has 0 bridgehead atoms. The first-order valence-corrected chi connectivity index (χ1v) is 12.6. The molecule has 5 amide bonds. The lowest BCUT2D eigenvalue weighted by Crippen LogP contribution is -2.35. The predicted octanol–water partition coefficient (Wildman–Crippen LogP) is -1.50. The Morgan fingerprint density at radius 3 is 1.64 bits per heavy atom. The molecule has 0 saturated carbocycles. The quantitative estimate of drug-likeness (QED) is 0.121. The summed E-state index contributed by atoms with van der Waals surface area (Å²) >= 11 is 0. The number of carbonyl (C=O) groups is 6. The van der Waals surface area contributed by atoms with E-state index in [0.717, 1.165) is 4.90 Å². The first-order chi connectivity index (χ1) is 18.9. The van der Waals surface area contributed by atoms with E-state index in [0.29, 0.717) is 64.5 Å². The maximum absolute atomic E-state index is 11.7. The van der Waals surface area contributed by atoms with Crippen molar-refractivity contribution >= 4 is 35.5 Å². The fourth-order valence-electron chi connectivity index (χ4n) is 3.16. The molecular weight excluding hydrogens is 522 g/mol. The third-order valence-electron chi connectivity index (χ3n) is 5.17. The van der Waals surface area contributed by atoms with E-state index < -0.39 is 29.6 Å². The summed E-state index contributed by atoms with van der Waals surface area (Å²) < 4.78 is 26.7. The summed E-state index contributed by atoms with van der Waals surface area (Å²) in [6, 6.07) is 0. The SMILES string of the molecule is O=C(CCN1C(=O)C=CC1=O)NCCOCCOCCOCCOCCOCCC(=O)ON1C(=O)CCC1=O. The normalized spacial score (nSPS) is 15.1. The maximum Gasteiger partial charge on any atom is 0.335 e. The Morgan fingerprint density at radius 2 is 1.13 bits per heavy atom. The van der Waals surface area contributed by atoms with Gasteiger partial charge in [-0.05, 0) is 0 Å². The highest BCUT2D eigenvalue weighted by atomic mass is 16.7. The first kappa shape index (κ1) is 32.0. The van der Waals surface area contributed by atoms with Crippen LogP contribution >= 0.6 is 0 Å². The van der Waals surface area contributed by atoms with Gasteiger partial charge in [0.1, 0.15) is 0 Å². The molecule has 2 rings (SSSR count). The van der Waals surface area contributed by atoms with Gasteiger partial charge in [0, 0.05) is 44.5 Å². The second-order valence-electron chi connectivity index (χ2n) is 8.12. The minimum absolute atomic E-state index is 0.0355. The van der Waals surface area contributed by atoms with Gasteiger partial charge in [-0.2, -0.15) is 0 Å². The monoisotopic (exact) mass is 557 g/mol. The summed E-state index contributed by atoms with van der Waals surface area (Å²) in [5.74, 6) is -2.85. The third kappa shape index (κ3) is 13.4. The number of hydrogen-bond acceptors (Lipinski definition) is 12. The fraction of sp³-hybridized carbons (Fsp3) is 0.667. The van der Waals surface area contributed by atoms with Gasteiger partial charge in [-0.25, -0.2) is 4.79 Å². The first-order valence-electron chi connectivity index (χ1n) is 12.6. The summed E-state index contributed by atoms with van der Waals surface area (Å²) in [5, 5.41) is 3.15. The van der Waals surface area contributed by atoms with Gasteiger partial charge in [0.15, 0.2) is 0 Å². The largest absolute Gasteiger partial charge is 0.378 e. The fourth-order valence-corrected chi connectivity index (χ4v) is 3.16. The predicted molar refractivity (Wildman–Crippen MR) is 129 cm³/mol. The van der Waals surface area contributed by atoms with Crippen LogP contribution in [0.4, 0.5) is 0 Å². The second-order valence-corrected chi connectivity index (χ2v) is 8.12. The molecule has 0 aromatic carbocycles. The topological polar surface area (TPSA) is 176 Å². The van der Waals surface area contributed by atoms with Crippen LogP contribution in [0.3, 0.4) is 0 Å². The Labute approximate surface area is 225 Å². The molecule has 2 aliphatic rings. The molecule has 218 valence electrons. The number of nitrogens with one attached hydrogen (secondary N) is 1. The van der Waals surface area contributed by atoms with Crippen molar-refractivity contribution in [2.75, 3.05) is 79.2 Å². The lowest BCUT2D eigenvalue weighted by Gasteiger charge is -2.13. The molecule has 0 atom stereocenters. The van der Waals surface area contributed by atoms with Crippen LogP contribution in [-0.4, -0.2) is 125 Å². The van der Waals surface area contributed by atoms with Gasteiger partial charge in [0.05, 0.1) is 72.5 Å². The maximum atomic E-state index is 11.7. The molecule has 2 heterocycles. The second kappa shape index (κ2) is 18.9. The zero-order valence-electron chi connectivity index (χ0n) is 21.8. The molecule has 0 aliphatic carbocycles. The summed E-state index contributed by atoms with van der Waals surface area (Å²) in [6.45, 7) is 3.55. The molecule has 15 nitrogen and oxygen atoms in total. The van der Waals surface area contributed by atoms with Crippen LogP contribution in [0.1, 0.15) is 25.7 Å². The Kier molecular flexibility index (Phi) is 15.5. The molecule has 0 radical (unpaired) electrons.